The molecule has 2 unspecified atom stereocenters. The molecule has 2 atom stereocenters. The van der Waals surface area contributed by atoms with E-state index in [1.54, 1.807) is 6.07 Å². The van der Waals surface area contributed by atoms with Crippen LogP contribution in [-0.4, -0.2) is 29.6 Å². The van der Waals surface area contributed by atoms with Crippen molar-refractivity contribution in [3.8, 4) is 22.8 Å². The SMILES string of the molecule is CCCNC(=O)Oc1ccc2[nH]c(-c3cc(C)cc(C)c3)c(CC(N)CC(CCc3ccc(OCc4ccccc4)cc3)C(=O)OCc3ccccc3)c2c1. The van der Waals surface area contributed by atoms with Gasteiger partial charge in [0.2, 0.25) is 0 Å². The summed E-state index contributed by atoms with van der Waals surface area (Å²) in [5, 5.41) is 3.69. The van der Waals surface area contributed by atoms with Crippen molar-refractivity contribution in [2.75, 3.05) is 6.54 Å². The molecule has 55 heavy (non-hydrogen) atoms. The van der Waals surface area contributed by atoms with Gasteiger partial charge in [0.05, 0.1) is 5.92 Å². The van der Waals surface area contributed by atoms with E-state index >= 15 is 0 Å². The van der Waals surface area contributed by atoms with Crippen LogP contribution in [0.3, 0.4) is 0 Å². The lowest BCUT2D eigenvalue weighted by molar-refractivity contribution is -0.150. The summed E-state index contributed by atoms with van der Waals surface area (Å²) in [5.74, 6) is 0.552. The predicted octanol–water partition coefficient (Wildman–Crippen LogP) is 9.78. The van der Waals surface area contributed by atoms with Crippen molar-refractivity contribution < 1.29 is 23.8 Å². The van der Waals surface area contributed by atoms with Gasteiger partial charge >= 0.3 is 12.1 Å². The Hall–Kier alpha value is -5.86. The highest BCUT2D eigenvalue weighted by atomic mass is 16.6. The van der Waals surface area contributed by atoms with Gasteiger partial charge in [-0.15, -0.1) is 0 Å². The summed E-state index contributed by atoms with van der Waals surface area (Å²) in [6.07, 6.45) is 2.50. The van der Waals surface area contributed by atoms with Crippen LogP contribution in [0.4, 0.5) is 4.79 Å². The van der Waals surface area contributed by atoms with Crippen LogP contribution < -0.4 is 20.5 Å². The van der Waals surface area contributed by atoms with Crippen molar-refractivity contribution in [1.29, 1.82) is 0 Å². The second kappa shape index (κ2) is 18.9. The molecule has 6 rings (SSSR count). The number of fused-ring (bicyclic) bond motifs is 1. The number of aromatic amines is 1. The Labute approximate surface area is 324 Å². The first-order chi connectivity index (χ1) is 26.7. The molecule has 0 aliphatic carbocycles. The third kappa shape index (κ3) is 11.1. The number of hydrogen-bond donors (Lipinski definition) is 3. The number of nitrogens with one attached hydrogen (secondary N) is 2. The number of aryl methyl sites for hydroxylation is 3. The average Bonchev–Trinajstić information content (AvgIpc) is 3.54. The van der Waals surface area contributed by atoms with Crippen LogP contribution in [-0.2, 0) is 35.6 Å². The number of amides is 1. The van der Waals surface area contributed by atoms with Gasteiger partial charge in [-0.3, -0.25) is 4.79 Å². The van der Waals surface area contributed by atoms with E-state index in [-0.39, 0.29) is 18.6 Å². The van der Waals surface area contributed by atoms with Crippen molar-refractivity contribution in [2.24, 2.45) is 11.7 Å². The molecule has 0 saturated carbocycles. The highest BCUT2D eigenvalue weighted by molar-refractivity contribution is 5.92. The number of ether oxygens (including phenoxy) is 3. The van der Waals surface area contributed by atoms with Crippen LogP contribution in [0.1, 0.15) is 59.6 Å². The van der Waals surface area contributed by atoms with Crippen LogP contribution in [0.2, 0.25) is 0 Å². The third-order valence-electron chi connectivity index (χ3n) is 9.68. The number of carbonyl (C=O) groups excluding carboxylic acids is 2. The van der Waals surface area contributed by atoms with Gasteiger partial charge in [0, 0.05) is 29.2 Å². The van der Waals surface area contributed by atoms with Gasteiger partial charge in [0.1, 0.15) is 24.7 Å². The first-order valence-electron chi connectivity index (χ1n) is 19.1. The molecule has 0 spiro atoms. The minimum Gasteiger partial charge on any atom is -0.489 e. The number of esters is 1. The zero-order valence-electron chi connectivity index (χ0n) is 32.0. The van der Waals surface area contributed by atoms with Crippen molar-refractivity contribution in [2.45, 2.75) is 72.1 Å². The van der Waals surface area contributed by atoms with Gasteiger partial charge in [-0.2, -0.15) is 0 Å². The molecule has 5 aromatic carbocycles. The number of nitrogens with two attached hydrogens (primary N) is 1. The number of carbonyl (C=O) groups is 2. The Morgan fingerprint density at radius 1 is 0.764 bits per heavy atom. The van der Waals surface area contributed by atoms with Gasteiger partial charge in [-0.05, 0) is 116 Å². The van der Waals surface area contributed by atoms with E-state index in [1.807, 2.05) is 91.9 Å². The first kappa shape index (κ1) is 38.9. The quantitative estimate of drug-likeness (QED) is 0.0803. The molecule has 1 aromatic heterocycles. The molecule has 8 heteroatoms. The van der Waals surface area contributed by atoms with Crippen molar-refractivity contribution in [1.82, 2.24) is 10.3 Å². The zero-order valence-corrected chi connectivity index (χ0v) is 32.0. The van der Waals surface area contributed by atoms with Crippen molar-refractivity contribution in [3.63, 3.8) is 0 Å². The van der Waals surface area contributed by atoms with E-state index in [4.69, 9.17) is 19.9 Å². The highest BCUT2D eigenvalue weighted by Crippen LogP contribution is 2.35. The van der Waals surface area contributed by atoms with E-state index in [1.165, 1.54) is 0 Å². The fourth-order valence-electron chi connectivity index (χ4n) is 6.96. The standard InChI is InChI=1S/C47H51N3O5/c1-4-23-49-47(52)55-41-21-22-44-42(29-41)43(45(50-44)38-25-32(2)24-33(3)26-38)28-39(48)27-37(46(51)54-31-36-13-9-6-10-14-36)18-15-34-16-19-40(20-17-34)53-30-35-11-7-5-8-12-35/h5-14,16-17,19-22,24-26,29,37,39,50H,4,15,18,23,27-28,30-31,48H2,1-3H3,(H,49,52). The van der Waals surface area contributed by atoms with Crippen LogP contribution in [0, 0.1) is 19.8 Å². The molecule has 0 aliphatic heterocycles. The maximum Gasteiger partial charge on any atom is 0.412 e. The molecular formula is C47H51N3O5. The molecule has 6 aromatic rings. The Kier molecular flexibility index (Phi) is 13.4. The van der Waals surface area contributed by atoms with Crippen LogP contribution in [0.15, 0.2) is 121 Å². The number of aromatic nitrogens is 1. The smallest absolute Gasteiger partial charge is 0.412 e. The van der Waals surface area contributed by atoms with E-state index in [0.717, 1.165) is 67.7 Å². The lowest BCUT2D eigenvalue weighted by Crippen LogP contribution is -2.30. The summed E-state index contributed by atoms with van der Waals surface area (Å²) >= 11 is 0. The second-order valence-corrected chi connectivity index (χ2v) is 14.3. The third-order valence-corrected chi connectivity index (χ3v) is 9.68. The van der Waals surface area contributed by atoms with Crippen molar-refractivity contribution in [3.05, 3.63) is 155 Å². The largest absolute Gasteiger partial charge is 0.489 e. The Balaban J connectivity index is 1.22. The maximum absolute atomic E-state index is 13.8. The molecule has 284 valence electrons. The summed E-state index contributed by atoms with van der Waals surface area (Å²) in [5.41, 5.74) is 16.4. The molecule has 0 aliphatic rings. The zero-order chi connectivity index (χ0) is 38.6. The maximum atomic E-state index is 13.8. The van der Waals surface area contributed by atoms with Gasteiger partial charge in [-0.1, -0.05) is 96.9 Å². The Morgan fingerprint density at radius 2 is 1.42 bits per heavy atom. The minimum absolute atomic E-state index is 0.201. The minimum atomic E-state index is -0.490. The average molecular weight is 738 g/mol. The Morgan fingerprint density at radius 3 is 2.09 bits per heavy atom. The molecule has 0 radical (unpaired) electrons. The second-order valence-electron chi connectivity index (χ2n) is 14.3. The number of benzene rings is 5. The summed E-state index contributed by atoms with van der Waals surface area (Å²) in [6.45, 7) is 7.39. The van der Waals surface area contributed by atoms with E-state index in [0.29, 0.717) is 44.6 Å². The van der Waals surface area contributed by atoms with Gasteiger partial charge in [0.15, 0.2) is 0 Å². The summed E-state index contributed by atoms with van der Waals surface area (Å²) < 4.78 is 17.5. The molecule has 0 saturated heterocycles. The number of hydrogen-bond acceptors (Lipinski definition) is 6. The first-order valence-corrected chi connectivity index (χ1v) is 19.1. The van der Waals surface area contributed by atoms with Crippen LogP contribution in [0.5, 0.6) is 11.5 Å². The lowest BCUT2D eigenvalue weighted by Gasteiger charge is -2.21. The monoisotopic (exact) mass is 737 g/mol. The van der Waals surface area contributed by atoms with E-state index < -0.39 is 12.0 Å². The molecule has 8 nitrogen and oxygen atoms in total. The lowest BCUT2D eigenvalue weighted by atomic mass is 9.89. The molecule has 1 amide bonds. The van der Waals surface area contributed by atoms with Gasteiger partial charge < -0.3 is 30.2 Å². The molecule has 4 N–H and O–H groups in total. The topological polar surface area (TPSA) is 116 Å². The highest BCUT2D eigenvalue weighted by Gasteiger charge is 2.25. The summed E-state index contributed by atoms with van der Waals surface area (Å²) in [7, 11) is 0. The molecule has 1 heterocycles. The fourth-order valence-corrected chi connectivity index (χ4v) is 6.96. The molecule has 0 bridgehead atoms. The normalized spacial score (nSPS) is 12.2. The van der Waals surface area contributed by atoms with Gasteiger partial charge in [0.25, 0.3) is 0 Å². The van der Waals surface area contributed by atoms with Gasteiger partial charge in [-0.25, -0.2) is 4.79 Å². The van der Waals surface area contributed by atoms with Crippen molar-refractivity contribution >= 4 is 23.0 Å². The number of H-pyrrole nitrogens is 1. The predicted molar refractivity (Wildman–Crippen MR) is 219 cm³/mol. The van der Waals surface area contributed by atoms with Crippen LogP contribution >= 0.6 is 0 Å². The molecular weight excluding hydrogens is 687 g/mol. The van der Waals surface area contributed by atoms with E-state index in [2.05, 4.69) is 54.5 Å². The Bertz CT molecular complexity index is 2140. The number of rotatable bonds is 17. The van der Waals surface area contributed by atoms with E-state index in [9.17, 15) is 9.59 Å². The molecule has 0 fully saturated rings. The fraction of sp³-hybridized carbons (Fsp3) is 0.277. The summed E-state index contributed by atoms with van der Waals surface area (Å²) in [4.78, 5) is 29.9. The van der Waals surface area contributed by atoms with Crippen LogP contribution in [0.25, 0.3) is 22.2 Å². The summed E-state index contributed by atoms with van der Waals surface area (Å²) in [6, 6.07) is 39.6.